The molecule has 0 radical (unpaired) electrons. The van der Waals surface area contributed by atoms with E-state index in [1.54, 1.807) is 0 Å². The third-order valence-corrected chi connectivity index (χ3v) is 2.20. The molecule has 1 aliphatic rings. The Morgan fingerprint density at radius 2 is 2.44 bits per heavy atom. The van der Waals surface area contributed by atoms with E-state index in [0.29, 0.717) is 5.92 Å². The zero-order valence-corrected chi connectivity index (χ0v) is 5.56. The largest absolute Gasteiger partial charge is 0.315 e. The van der Waals surface area contributed by atoms with Crippen molar-refractivity contribution < 1.29 is 0 Å². The molecule has 1 aliphatic heterocycles. The van der Waals surface area contributed by atoms with Crippen molar-refractivity contribution >= 4 is 11.5 Å². The highest BCUT2D eigenvalue weighted by Crippen LogP contribution is 2.18. The number of hydrogen-bond donors (Lipinski definition) is 1. The van der Waals surface area contributed by atoms with Crippen molar-refractivity contribution in [2.75, 3.05) is 13.1 Å². The fourth-order valence-electron chi connectivity index (χ4n) is 0.760. The summed E-state index contributed by atoms with van der Waals surface area (Å²) >= 11 is 1.39. The van der Waals surface area contributed by atoms with Gasteiger partial charge in [0.2, 0.25) is 0 Å². The molecule has 0 amide bonds. The maximum atomic E-state index is 3.86. The summed E-state index contributed by atoms with van der Waals surface area (Å²) in [5, 5.41) is 11.6. The Hall–Kier alpha value is -0.550. The first-order valence-electron chi connectivity index (χ1n) is 2.82. The zero-order chi connectivity index (χ0) is 6.10. The fourth-order valence-corrected chi connectivity index (χ4v) is 1.31. The Kier molecular flexibility index (Phi) is 1.17. The second kappa shape index (κ2) is 2.00. The van der Waals surface area contributed by atoms with Gasteiger partial charge in [0.1, 0.15) is 5.01 Å². The summed E-state index contributed by atoms with van der Waals surface area (Å²) in [6, 6.07) is 0. The van der Waals surface area contributed by atoms with Crippen molar-refractivity contribution in [3.63, 3.8) is 0 Å². The lowest BCUT2D eigenvalue weighted by molar-refractivity contribution is 0.444. The molecule has 1 aromatic rings. The molecule has 9 heavy (non-hydrogen) atoms. The van der Waals surface area contributed by atoms with E-state index in [4.69, 9.17) is 0 Å². The highest BCUT2D eigenvalue weighted by atomic mass is 32.1. The van der Waals surface area contributed by atoms with Gasteiger partial charge in [0, 0.05) is 30.5 Å². The van der Waals surface area contributed by atoms with Crippen LogP contribution in [0.15, 0.2) is 0 Å². The number of nitrogens with zero attached hydrogens (tertiary/aromatic N) is 3. The van der Waals surface area contributed by atoms with Crippen molar-refractivity contribution in [2.24, 2.45) is 0 Å². The Morgan fingerprint density at radius 3 is 2.89 bits per heavy atom. The minimum atomic E-state index is 0.588. The summed E-state index contributed by atoms with van der Waals surface area (Å²) in [6.45, 7) is 2.08. The van der Waals surface area contributed by atoms with Crippen LogP contribution in [-0.2, 0) is 0 Å². The van der Waals surface area contributed by atoms with E-state index in [1.165, 1.54) is 11.5 Å². The minimum Gasteiger partial charge on any atom is -0.315 e. The van der Waals surface area contributed by atoms with Crippen LogP contribution in [0.3, 0.4) is 0 Å². The Balaban J connectivity index is 2.14. The Bertz CT molecular complexity index is 180. The molecule has 0 unspecified atom stereocenters. The quantitative estimate of drug-likeness (QED) is 0.580. The summed E-state index contributed by atoms with van der Waals surface area (Å²) in [4.78, 5) is 0. The van der Waals surface area contributed by atoms with Crippen molar-refractivity contribution in [3.05, 3.63) is 5.01 Å². The van der Waals surface area contributed by atoms with Crippen LogP contribution in [0.4, 0.5) is 0 Å². The predicted molar refractivity (Wildman–Crippen MR) is 33.3 cm³/mol. The molecule has 4 nitrogen and oxygen atoms in total. The first-order chi connectivity index (χ1) is 4.47. The van der Waals surface area contributed by atoms with E-state index in [-0.39, 0.29) is 0 Å². The van der Waals surface area contributed by atoms with E-state index in [9.17, 15) is 0 Å². The van der Waals surface area contributed by atoms with Crippen molar-refractivity contribution in [1.29, 1.82) is 0 Å². The van der Waals surface area contributed by atoms with Gasteiger partial charge in [-0.15, -0.1) is 5.10 Å². The number of hydrogen-bond acceptors (Lipinski definition) is 5. The second-order valence-corrected chi connectivity index (χ2v) is 2.82. The van der Waals surface area contributed by atoms with Crippen LogP contribution in [0, 0.1) is 0 Å². The van der Waals surface area contributed by atoms with Gasteiger partial charge < -0.3 is 5.32 Å². The van der Waals surface area contributed by atoms with Gasteiger partial charge in [-0.3, -0.25) is 0 Å². The molecule has 2 rings (SSSR count). The van der Waals surface area contributed by atoms with Gasteiger partial charge >= 0.3 is 0 Å². The molecular weight excluding hydrogens is 136 g/mol. The molecule has 0 aliphatic carbocycles. The first-order valence-corrected chi connectivity index (χ1v) is 3.60. The Labute approximate surface area is 56.4 Å². The number of rotatable bonds is 1. The first kappa shape index (κ1) is 5.25. The van der Waals surface area contributed by atoms with Crippen LogP contribution in [0.2, 0.25) is 0 Å². The normalized spacial score (nSPS) is 19.6. The van der Waals surface area contributed by atoms with E-state index in [0.717, 1.165) is 18.1 Å². The highest BCUT2D eigenvalue weighted by Gasteiger charge is 2.21. The van der Waals surface area contributed by atoms with E-state index in [1.807, 2.05) is 0 Å². The van der Waals surface area contributed by atoms with Crippen LogP contribution in [0.1, 0.15) is 10.9 Å². The number of nitrogens with one attached hydrogen (secondary N) is 1. The van der Waals surface area contributed by atoms with E-state index < -0.39 is 0 Å². The monoisotopic (exact) mass is 142 g/mol. The molecule has 1 N–H and O–H groups in total. The second-order valence-electron chi connectivity index (χ2n) is 2.06. The van der Waals surface area contributed by atoms with E-state index >= 15 is 0 Å². The molecule has 0 aromatic carbocycles. The van der Waals surface area contributed by atoms with Crippen molar-refractivity contribution in [2.45, 2.75) is 5.92 Å². The summed E-state index contributed by atoms with van der Waals surface area (Å²) in [5.41, 5.74) is 0. The van der Waals surface area contributed by atoms with Crippen molar-refractivity contribution in [3.8, 4) is 0 Å². The maximum Gasteiger partial charge on any atom is 0.143 e. The predicted octanol–water partition coefficient (Wildman–Crippen LogP) is -0.380. The molecule has 1 saturated heterocycles. The molecule has 1 aromatic heterocycles. The van der Waals surface area contributed by atoms with Crippen LogP contribution >= 0.6 is 11.5 Å². The topological polar surface area (TPSA) is 50.7 Å². The molecule has 2 heterocycles. The molecule has 5 heteroatoms. The summed E-state index contributed by atoms with van der Waals surface area (Å²) < 4.78 is 3.68. The van der Waals surface area contributed by atoms with Gasteiger partial charge in [0.25, 0.3) is 0 Å². The highest BCUT2D eigenvalue weighted by molar-refractivity contribution is 7.05. The molecular formula is C4H6N4S. The van der Waals surface area contributed by atoms with Gasteiger partial charge in [0.15, 0.2) is 0 Å². The average molecular weight is 142 g/mol. The number of aromatic nitrogens is 3. The van der Waals surface area contributed by atoms with Crippen LogP contribution in [0.5, 0.6) is 0 Å². The minimum absolute atomic E-state index is 0.588. The summed E-state index contributed by atoms with van der Waals surface area (Å²) in [5.74, 6) is 0.588. The SMILES string of the molecule is C1NCC1c1nnns1. The van der Waals surface area contributed by atoms with Crippen LogP contribution in [-0.4, -0.2) is 27.9 Å². The fraction of sp³-hybridized carbons (Fsp3) is 0.750. The lowest BCUT2D eigenvalue weighted by Crippen LogP contribution is -2.39. The standard InChI is InChI=1S/C4H6N4S/c1-3(2-5-1)4-6-7-8-9-4/h3,5H,1-2H2. The third-order valence-electron chi connectivity index (χ3n) is 1.44. The lowest BCUT2D eigenvalue weighted by Gasteiger charge is -2.23. The Morgan fingerprint density at radius 1 is 1.56 bits per heavy atom. The van der Waals surface area contributed by atoms with Crippen LogP contribution in [0.25, 0.3) is 0 Å². The summed E-state index contributed by atoms with van der Waals surface area (Å²) in [6.07, 6.45) is 0. The summed E-state index contributed by atoms with van der Waals surface area (Å²) in [7, 11) is 0. The average Bonchev–Trinajstić information content (AvgIpc) is 2.11. The molecule has 48 valence electrons. The maximum absolute atomic E-state index is 3.86. The van der Waals surface area contributed by atoms with E-state index in [2.05, 4.69) is 20.1 Å². The van der Waals surface area contributed by atoms with Gasteiger partial charge in [0.05, 0.1) is 0 Å². The van der Waals surface area contributed by atoms with Gasteiger partial charge in [-0.1, -0.05) is 4.49 Å². The third kappa shape index (κ3) is 0.818. The van der Waals surface area contributed by atoms with Gasteiger partial charge in [-0.25, -0.2) is 0 Å². The molecule has 0 atom stereocenters. The molecule has 0 saturated carbocycles. The van der Waals surface area contributed by atoms with Crippen molar-refractivity contribution in [1.82, 2.24) is 20.1 Å². The van der Waals surface area contributed by atoms with Gasteiger partial charge in [-0.05, 0) is 5.21 Å². The zero-order valence-electron chi connectivity index (χ0n) is 4.74. The van der Waals surface area contributed by atoms with Crippen LogP contribution < -0.4 is 5.32 Å². The molecule has 0 spiro atoms. The molecule has 0 bridgehead atoms. The lowest BCUT2D eigenvalue weighted by atomic mass is 10.1. The molecule has 1 fully saturated rings. The smallest absolute Gasteiger partial charge is 0.143 e. The van der Waals surface area contributed by atoms with Gasteiger partial charge in [-0.2, -0.15) is 0 Å².